The minimum Gasteiger partial charge on any atom is -0.224 e. The maximum absolute atomic E-state index is 13.6. The highest BCUT2D eigenvalue weighted by Gasteiger charge is 2.14. The van der Waals surface area contributed by atoms with Crippen molar-refractivity contribution in [2.24, 2.45) is 5.41 Å². The Morgan fingerprint density at radius 1 is 1.19 bits per heavy atom. The second-order valence-corrected chi connectivity index (χ2v) is 6.67. The molecule has 0 saturated carbocycles. The van der Waals surface area contributed by atoms with Crippen LogP contribution in [0.3, 0.4) is 0 Å². The highest BCUT2D eigenvalue weighted by Crippen LogP contribution is 2.20. The van der Waals surface area contributed by atoms with Crippen LogP contribution >= 0.6 is 0 Å². The largest absolute Gasteiger partial charge is 0.224 e. The summed E-state index contributed by atoms with van der Waals surface area (Å²) in [6.07, 6.45) is 6.60. The monoisotopic (exact) mass is 246 g/mol. The van der Waals surface area contributed by atoms with Gasteiger partial charge in [0.15, 0.2) is 9.84 Å². The normalized spacial score (nSPS) is 15.9. The first kappa shape index (κ1) is 15.1. The average Bonchev–Trinajstić information content (AvgIpc) is 2.07. The summed E-state index contributed by atoms with van der Waals surface area (Å²) in [6.45, 7) is 7.37. The molecule has 4 heteroatoms. The summed E-state index contributed by atoms with van der Waals surface area (Å²) in [7, 11) is -3.53. The zero-order valence-electron chi connectivity index (χ0n) is 10.4. The number of hydrogen-bond donors (Lipinski definition) is 0. The van der Waals surface area contributed by atoms with Crippen molar-refractivity contribution in [2.75, 3.05) is 6.26 Å². The van der Waals surface area contributed by atoms with E-state index in [9.17, 15) is 12.8 Å². The molecule has 0 unspecified atom stereocenters. The Kier molecular flexibility index (Phi) is 5.13. The summed E-state index contributed by atoms with van der Waals surface area (Å²) in [5.41, 5.74) is -0.185. The fourth-order valence-electron chi connectivity index (χ4n) is 0.937. The summed E-state index contributed by atoms with van der Waals surface area (Å²) >= 11 is 0. The van der Waals surface area contributed by atoms with Gasteiger partial charge in [-0.15, -0.1) is 0 Å². The average molecular weight is 246 g/mol. The van der Waals surface area contributed by atoms with Gasteiger partial charge in [-0.05, 0) is 24.5 Å². The fourth-order valence-corrected chi connectivity index (χ4v) is 1.74. The Labute approximate surface area is 97.5 Å². The van der Waals surface area contributed by atoms with Crippen LogP contribution in [0.5, 0.6) is 0 Å². The van der Waals surface area contributed by atoms with Crippen molar-refractivity contribution in [3.05, 3.63) is 35.0 Å². The SMILES string of the molecule is C\C=C/C(=C(F)\C=C\C(C)(C)C)S(C)(=O)=O. The Bertz CT molecular complexity index is 420. The number of halogens is 1. The number of sulfone groups is 1. The first-order valence-electron chi connectivity index (χ1n) is 4.99. The van der Waals surface area contributed by atoms with E-state index in [0.29, 0.717) is 0 Å². The molecule has 0 rings (SSSR count). The summed E-state index contributed by atoms with van der Waals surface area (Å²) in [4.78, 5) is -0.282. The van der Waals surface area contributed by atoms with Crippen LogP contribution in [0, 0.1) is 5.41 Å². The zero-order valence-corrected chi connectivity index (χ0v) is 11.2. The molecule has 0 aromatic heterocycles. The van der Waals surface area contributed by atoms with Crippen LogP contribution in [0.4, 0.5) is 4.39 Å². The lowest BCUT2D eigenvalue weighted by atomic mass is 9.96. The Balaban J connectivity index is 5.41. The van der Waals surface area contributed by atoms with Crippen LogP contribution in [0.25, 0.3) is 0 Å². The van der Waals surface area contributed by atoms with Gasteiger partial charge in [-0.2, -0.15) is 0 Å². The van der Waals surface area contributed by atoms with E-state index in [-0.39, 0.29) is 10.3 Å². The highest BCUT2D eigenvalue weighted by molar-refractivity contribution is 7.94. The Hall–Kier alpha value is -0.900. The summed E-state index contributed by atoms with van der Waals surface area (Å²) in [6, 6.07) is 0. The van der Waals surface area contributed by atoms with Gasteiger partial charge in [0.1, 0.15) is 10.7 Å². The quantitative estimate of drug-likeness (QED) is 0.715. The summed E-state index contributed by atoms with van der Waals surface area (Å²) < 4.78 is 36.3. The zero-order chi connectivity index (χ0) is 13.0. The first-order valence-corrected chi connectivity index (χ1v) is 6.89. The van der Waals surface area contributed by atoms with Crippen LogP contribution in [0.1, 0.15) is 27.7 Å². The minimum absolute atomic E-state index is 0.185. The van der Waals surface area contributed by atoms with Crippen LogP contribution in [-0.4, -0.2) is 14.7 Å². The molecule has 0 aromatic rings. The van der Waals surface area contributed by atoms with Gasteiger partial charge < -0.3 is 0 Å². The van der Waals surface area contributed by atoms with Crippen molar-refractivity contribution in [2.45, 2.75) is 27.7 Å². The third-order valence-electron chi connectivity index (χ3n) is 1.68. The van der Waals surface area contributed by atoms with Crippen molar-refractivity contribution in [1.82, 2.24) is 0 Å². The fraction of sp³-hybridized carbons (Fsp3) is 0.500. The molecule has 0 atom stereocenters. The van der Waals surface area contributed by atoms with Crippen molar-refractivity contribution >= 4 is 9.84 Å². The predicted octanol–water partition coefficient (Wildman–Crippen LogP) is 3.39. The van der Waals surface area contributed by atoms with Crippen molar-refractivity contribution in [3.63, 3.8) is 0 Å². The van der Waals surface area contributed by atoms with E-state index in [4.69, 9.17) is 0 Å². The van der Waals surface area contributed by atoms with E-state index >= 15 is 0 Å². The number of hydrogen-bond acceptors (Lipinski definition) is 2. The molecule has 0 bridgehead atoms. The van der Waals surface area contributed by atoms with Gasteiger partial charge in [-0.1, -0.05) is 32.9 Å². The summed E-state index contributed by atoms with van der Waals surface area (Å²) in [5, 5.41) is 0. The van der Waals surface area contributed by atoms with E-state index < -0.39 is 15.7 Å². The van der Waals surface area contributed by atoms with Gasteiger partial charge in [0.25, 0.3) is 0 Å². The summed E-state index contributed by atoms with van der Waals surface area (Å²) in [5.74, 6) is -0.726. The Morgan fingerprint density at radius 2 is 1.69 bits per heavy atom. The molecule has 0 radical (unpaired) electrons. The van der Waals surface area contributed by atoms with Gasteiger partial charge in [0.2, 0.25) is 0 Å². The molecule has 0 saturated heterocycles. The van der Waals surface area contributed by atoms with Gasteiger partial charge in [-0.3, -0.25) is 0 Å². The lowest BCUT2D eigenvalue weighted by molar-refractivity contribution is 0.539. The first-order chi connectivity index (χ1) is 7.08. The molecule has 0 amide bonds. The second kappa shape index (κ2) is 5.43. The second-order valence-electron chi connectivity index (χ2n) is 4.68. The van der Waals surface area contributed by atoms with Crippen molar-refractivity contribution in [1.29, 1.82) is 0 Å². The third kappa shape index (κ3) is 5.85. The molecular weight excluding hydrogens is 227 g/mol. The molecule has 0 spiro atoms. The van der Waals surface area contributed by atoms with E-state index in [1.54, 1.807) is 13.0 Å². The van der Waals surface area contributed by atoms with Crippen LogP contribution in [0.15, 0.2) is 35.0 Å². The number of rotatable bonds is 3. The molecule has 16 heavy (non-hydrogen) atoms. The molecule has 2 nitrogen and oxygen atoms in total. The van der Waals surface area contributed by atoms with Crippen LogP contribution in [-0.2, 0) is 9.84 Å². The van der Waals surface area contributed by atoms with E-state index in [2.05, 4.69) is 0 Å². The van der Waals surface area contributed by atoms with Crippen molar-refractivity contribution < 1.29 is 12.8 Å². The molecule has 0 aliphatic rings. The molecule has 0 aliphatic carbocycles. The topological polar surface area (TPSA) is 34.1 Å². The minimum atomic E-state index is -3.53. The van der Waals surface area contributed by atoms with E-state index in [1.807, 2.05) is 20.8 Å². The highest BCUT2D eigenvalue weighted by atomic mass is 32.2. The van der Waals surface area contributed by atoms with Gasteiger partial charge in [0, 0.05) is 6.26 Å². The predicted molar refractivity (Wildman–Crippen MR) is 66.4 cm³/mol. The van der Waals surface area contributed by atoms with E-state index in [0.717, 1.165) is 6.26 Å². The van der Waals surface area contributed by atoms with Gasteiger partial charge >= 0.3 is 0 Å². The smallest absolute Gasteiger partial charge is 0.178 e. The lowest BCUT2D eigenvalue weighted by Crippen LogP contribution is -2.02. The van der Waals surface area contributed by atoms with Crippen LogP contribution < -0.4 is 0 Å². The van der Waals surface area contributed by atoms with Gasteiger partial charge in [-0.25, -0.2) is 12.8 Å². The molecule has 0 heterocycles. The standard InChI is InChI=1S/C12H19FO2S/c1-6-7-11(16(5,14)15)10(13)8-9-12(2,3)4/h6-9H,1-5H3/b7-6-,9-8+,11-10-. The van der Waals surface area contributed by atoms with Gasteiger partial charge in [0.05, 0.1) is 0 Å². The number of allylic oxidation sites excluding steroid dienone is 5. The molecule has 92 valence electrons. The van der Waals surface area contributed by atoms with Crippen LogP contribution in [0.2, 0.25) is 0 Å². The molecule has 0 fully saturated rings. The molecular formula is C12H19FO2S. The molecule has 0 aliphatic heterocycles. The lowest BCUT2D eigenvalue weighted by Gasteiger charge is -2.10. The third-order valence-corrected chi connectivity index (χ3v) is 2.81. The molecule has 0 aromatic carbocycles. The Morgan fingerprint density at radius 3 is 2.00 bits per heavy atom. The maximum atomic E-state index is 13.6. The van der Waals surface area contributed by atoms with Crippen molar-refractivity contribution in [3.8, 4) is 0 Å². The van der Waals surface area contributed by atoms with E-state index in [1.165, 1.54) is 18.2 Å². The maximum Gasteiger partial charge on any atom is 0.178 e. The molecule has 0 N–H and O–H groups in total.